The largest absolute Gasteiger partial charge is 0.324 e. The third-order valence-corrected chi connectivity index (χ3v) is 5.07. The monoisotopic (exact) mass is 314 g/mol. The molecule has 1 atom stereocenters. The maximum absolute atomic E-state index is 6.32. The first-order chi connectivity index (χ1) is 9.16. The number of halogens is 2. The molecule has 0 amide bonds. The highest BCUT2D eigenvalue weighted by Crippen LogP contribution is 2.35. The Balaban J connectivity index is 2.17. The summed E-state index contributed by atoms with van der Waals surface area (Å²) in [5, 5.41) is 0.674. The molecule has 5 heteroatoms. The molecule has 1 saturated heterocycles. The Morgan fingerprint density at radius 3 is 2.79 bits per heavy atom. The average molecular weight is 315 g/mol. The number of benzene rings is 1. The van der Waals surface area contributed by atoms with E-state index in [9.17, 15) is 0 Å². The van der Waals surface area contributed by atoms with Gasteiger partial charge in [0, 0.05) is 11.1 Å². The maximum atomic E-state index is 6.32. The summed E-state index contributed by atoms with van der Waals surface area (Å²) in [4.78, 5) is 4.69. The van der Waals surface area contributed by atoms with Gasteiger partial charge in [-0.15, -0.1) is 11.6 Å². The van der Waals surface area contributed by atoms with Gasteiger partial charge in [-0.25, -0.2) is 4.98 Å². The molecule has 1 fully saturated rings. The Kier molecular flexibility index (Phi) is 3.97. The summed E-state index contributed by atoms with van der Waals surface area (Å²) < 4.78 is 2.32. The van der Waals surface area contributed by atoms with Gasteiger partial charge in [-0.1, -0.05) is 11.6 Å². The zero-order valence-electron chi connectivity index (χ0n) is 10.8. The van der Waals surface area contributed by atoms with Crippen LogP contribution in [0.3, 0.4) is 0 Å². The minimum atomic E-state index is -0.0826. The Labute approximate surface area is 127 Å². The van der Waals surface area contributed by atoms with Gasteiger partial charge >= 0.3 is 0 Å². The number of nitrogens with zero attached hydrogens (tertiary/aromatic N) is 2. The van der Waals surface area contributed by atoms with Crippen LogP contribution in [0, 0.1) is 0 Å². The quantitative estimate of drug-likeness (QED) is 0.721. The summed E-state index contributed by atoms with van der Waals surface area (Å²) in [6.07, 6.45) is 2.36. The highest BCUT2D eigenvalue weighted by atomic mass is 35.5. The van der Waals surface area contributed by atoms with Crippen LogP contribution in [0.2, 0.25) is 5.02 Å². The number of fused-ring (bicyclic) bond motifs is 1. The van der Waals surface area contributed by atoms with Crippen LogP contribution in [-0.2, 0) is 0 Å². The van der Waals surface area contributed by atoms with Gasteiger partial charge in [0.1, 0.15) is 5.82 Å². The fourth-order valence-electron chi connectivity index (χ4n) is 2.69. The van der Waals surface area contributed by atoms with Crippen LogP contribution in [0.4, 0.5) is 0 Å². The van der Waals surface area contributed by atoms with Crippen LogP contribution < -0.4 is 0 Å². The second-order valence-electron chi connectivity index (χ2n) is 4.93. The van der Waals surface area contributed by atoms with E-state index >= 15 is 0 Å². The third-order valence-electron chi connectivity index (χ3n) is 3.59. The van der Waals surface area contributed by atoms with Crippen molar-refractivity contribution in [3.63, 3.8) is 0 Å². The first-order valence-corrected chi connectivity index (χ1v) is 8.53. The summed E-state index contributed by atoms with van der Waals surface area (Å²) in [5.41, 5.74) is 2.11. The third kappa shape index (κ3) is 2.61. The number of thioether (sulfide) groups is 1. The Bertz CT molecular complexity index is 588. The first-order valence-electron chi connectivity index (χ1n) is 6.56. The van der Waals surface area contributed by atoms with Crippen molar-refractivity contribution in [3.8, 4) is 0 Å². The number of imidazole rings is 1. The average Bonchev–Trinajstić information content (AvgIpc) is 2.78. The lowest BCUT2D eigenvalue weighted by Gasteiger charge is -2.26. The summed E-state index contributed by atoms with van der Waals surface area (Å²) in [6, 6.07) is 6.38. The summed E-state index contributed by atoms with van der Waals surface area (Å²) in [5.74, 6) is 3.39. The highest BCUT2D eigenvalue weighted by Gasteiger charge is 2.23. The predicted molar refractivity (Wildman–Crippen MR) is 84.6 cm³/mol. The second-order valence-corrected chi connectivity index (χ2v) is 7.25. The zero-order chi connectivity index (χ0) is 13.4. The number of hydrogen-bond donors (Lipinski definition) is 0. The van der Waals surface area contributed by atoms with E-state index in [1.807, 2.05) is 36.9 Å². The molecule has 0 N–H and O–H groups in total. The summed E-state index contributed by atoms with van der Waals surface area (Å²) in [7, 11) is 0. The van der Waals surface area contributed by atoms with Crippen LogP contribution in [0.5, 0.6) is 0 Å². The smallest absolute Gasteiger partial charge is 0.127 e. The lowest BCUT2D eigenvalue weighted by molar-refractivity contribution is 0.464. The molecule has 0 radical (unpaired) electrons. The predicted octanol–water partition coefficient (Wildman–Crippen LogP) is 5.06. The van der Waals surface area contributed by atoms with E-state index in [0.29, 0.717) is 6.04 Å². The van der Waals surface area contributed by atoms with Crippen LogP contribution in [-0.4, -0.2) is 21.1 Å². The first kappa shape index (κ1) is 13.6. The number of rotatable bonds is 2. The molecule has 0 saturated carbocycles. The van der Waals surface area contributed by atoms with Gasteiger partial charge in [0.15, 0.2) is 0 Å². The molecule has 0 bridgehead atoms. The molecule has 2 heterocycles. The maximum Gasteiger partial charge on any atom is 0.127 e. The van der Waals surface area contributed by atoms with Gasteiger partial charge in [-0.2, -0.15) is 11.8 Å². The van der Waals surface area contributed by atoms with Gasteiger partial charge in [0.2, 0.25) is 0 Å². The normalized spacial score (nSPS) is 18.9. The van der Waals surface area contributed by atoms with Gasteiger partial charge in [-0.05, 0) is 49.5 Å². The molecule has 3 rings (SSSR count). The Morgan fingerprint density at radius 1 is 1.37 bits per heavy atom. The SMILES string of the molecule is CC(Cl)c1nc2ccc(Cl)cc2n1C1CCSCC1. The zero-order valence-corrected chi connectivity index (χ0v) is 13.1. The van der Waals surface area contributed by atoms with Crippen molar-refractivity contribution < 1.29 is 0 Å². The van der Waals surface area contributed by atoms with E-state index in [4.69, 9.17) is 28.2 Å². The van der Waals surface area contributed by atoms with Crippen LogP contribution in [0.1, 0.15) is 37.0 Å². The molecule has 1 unspecified atom stereocenters. The molecule has 0 spiro atoms. The van der Waals surface area contributed by atoms with Crippen molar-refractivity contribution in [3.05, 3.63) is 29.0 Å². The fraction of sp³-hybridized carbons (Fsp3) is 0.500. The number of aromatic nitrogens is 2. The van der Waals surface area contributed by atoms with Gasteiger partial charge in [-0.3, -0.25) is 0 Å². The van der Waals surface area contributed by atoms with Crippen molar-refractivity contribution in [2.24, 2.45) is 0 Å². The van der Waals surface area contributed by atoms with Crippen molar-refractivity contribution in [2.75, 3.05) is 11.5 Å². The number of hydrogen-bond acceptors (Lipinski definition) is 2. The standard InChI is InChI=1S/C14H16Cl2N2S/c1-9(15)14-17-12-3-2-10(16)8-13(12)18(14)11-4-6-19-7-5-11/h2-3,8-9,11H,4-7H2,1H3. The van der Waals surface area contributed by atoms with Gasteiger partial charge in [0.05, 0.1) is 16.4 Å². The second kappa shape index (κ2) is 5.55. The van der Waals surface area contributed by atoms with Crippen LogP contribution >= 0.6 is 35.0 Å². The lowest BCUT2D eigenvalue weighted by atomic mass is 10.1. The van der Waals surface area contributed by atoms with Crippen LogP contribution in [0.25, 0.3) is 11.0 Å². The van der Waals surface area contributed by atoms with Gasteiger partial charge < -0.3 is 4.57 Å². The molecule has 102 valence electrons. The van der Waals surface area contributed by atoms with Crippen LogP contribution in [0.15, 0.2) is 18.2 Å². The summed E-state index contributed by atoms with van der Waals surface area (Å²) >= 11 is 14.5. The van der Waals surface area contributed by atoms with E-state index in [0.717, 1.165) is 21.9 Å². The van der Waals surface area contributed by atoms with E-state index in [-0.39, 0.29) is 5.38 Å². The van der Waals surface area contributed by atoms with E-state index < -0.39 is 0 Å². The molecule has 1 aliphatic rings. The minimum Gasteiger partial charge on any atom is -0.324 e. The molecule has 1 aliphatic heterocycles. The molecule has 0 aliphatic carbocycles. The Morgan fingerprint density at radius 2 is 2.11 bits per heavy atom. The van der Waals surface area contributed by atoms with Crippen molar-refractivity contribution >= 4 is 46.0 Å². The van der Waals surface area contributed by atoms with Crippen molar-refractivity contribution in [1.29, 1.82) is 0 Å². The summed E-state index contributed by atoms with van der Waals surface area (Å²) in [6.45, 7) is 1.98. The van der Waals surface area contributed by atoms with Gasteiger partial charge in [0.25, 0.3) is 0 Å². The lowest BCUT2D eigenvalue weighted by Crippen LogP contribution is -2.17. The minimum absolute atomic E-state index is 0.0826. The molecule has 1 aromatic heterocycles. The molecule has 2 aromatic rings. The van der Waals surface area contributed by atoms with E-state index in [1.165, 1.54) is 24.3 Å². The van der Waals surface area contributed by atoms with Crippen molar-refractivity contribution in [2.45, 2.75) is 31.2 Å². The van der Waals surface area contributed by atoms with E-state index in [1.54, 1.807) is 0 Å². The number of alkyl halides is 1. The fourth-order valence-corrected chi connectivity index (χ4v) is 4.09. The van der Waals surface area contributed by atoms with E-state index in [2.05, 4.69) is 4.57 Å². The van der Waals surface area contributed by atoms with Crippen molar-refractivity contribution in [1.82, 2.24) is 9.55 Å². The molecule has 1 aromatic carbocycles. The Hall–Kier alpha value is -0.380. The molecular weight excluding hydrogens is 299 g/mol. The highest BCUT2D eigenvalue weighted by molar-refractivity contribution is 7.99. The molecular formula is C14H16Cl2N2S. The molecule has 19 heavy (non-hydrogen) atoms. The molecule has 2 nitrogen and oxygen atoms in total. The topological polar surface area (TPSA) is 17.8 Å².